The zero-order chi connectivity index (χ0) is 25.2. The number of nitrogens with zero attached hydrogens (tertiary/aromatic N) is 5. The van der Waals surface area contributed by atoms with Crippen LogP contribution in [0, 0.1) is 25.2 Å². The number of piperazine rings is 1. The molecule has 9 nitrogen and oxygen atoms in total. The molecule has 1 saturated heterocycles. The van der Waals surface area contributed by atoms with Crippen LogP contribution in [0.5, 0.6) is 0 Å². The Balaban J connectivity index is 1.25. The van der Waals surface area contributed by atoms with Crippen molar-refractivity contribution < 1.29 is 9.59 Å². The van der Waals surface area contributed by atoms with E-state index in [0.29, 0.717) is 43.3 Å². The van der Waals surface area contributed by atoms with Crippen LogP contribution in [0.1, 0.15) is 27.3 Å². The smallest absolute Gasteiger partial charge is 0.275 e. The van der Waals surface area contributed by atoms with Gasteiger partial charge >= 0.3 is 0 Å². The van der Waals surface area contributed by atoms with Gasteiger partial charge in [-0.05, 0) is 37.6 Å². The van der Waals surface area contributed by atoms with Gasteiger partial charge in [0.05, 0.1) is 17.6 Å². The number of carbonyl (C=O) groups is 2. The van der Waals surface area contributed by atoms with E-state index in [9.17, 15) is 14.9 Å². The topological polar surface area (TPSA) is 110 Å². The van der Waals surface area contributed by atoms with Gasteiger partial charge in [-0.15, -0.1) is 0 Å². The van der Waals surface area contributed by atoms with Crippen LogP contribution < -0.4 is 5.32 Å². The highest BCUT2D eigenvalue weighted by Crippen LogP contribution is 2.30. The number of para-hydroxylation sites is 2. The highest BCUT2D eigenvalue weighted by molar-refractivity contribution is 6.04. The van der Waals surface area contributed by atoms with E-state index in [4.69, 9.17) is 0 Å². The Labute approximate surface area is 208 Å². The van der Waals surface area contributed by atoms with Crippen LogP contribution in [0.15, 0.2) is 54.6 Å². The van der Waals surface area contributed by atoms with E-state index in [1.54, 1.807) is 4.90 Å². The van der Waals surface area contributed by atoms with Crippen LogP contribution in [0.25, 0.3) is 16.6 Å². The van der Waals surface area contributed by atoms with Crippen LogP contribution in [0.2, 0.25) is 0 Å². The van der Waals surface area contributed by atoms with Gasteiger partial charge in [-0.2, -0.15) is 10.4 Å². The summed E-state index contributed by atoms with van der Waals surface area (Å²) in [6, 6.07) is 19.5. The summed E-state index contributed by atoms with van der Waals surface area (Å²) in [7, 11) is 0. The molecular weight excluding hydrogens is 454 g/mol. The minimum atomic E-state index is -0.195. The third-order valence-electron chi connectivity index (χ3n) is 6.80. The summed E-state index contributed by atoms with van der Waals surface area (Å²) in [6.45, 7) is 6.18. The van der Waals surface area contributed by atoms with Crippen molar-refractivity contribution >= 4 is 28.5 Å². The average Bonchev–Trinajstić information content (AvgIpc) is 3.43. The van der Waals surface area contributed by atoms with E-state index in [1.807, 2.05) is 77.9 Å². The van der Waals surface area contributed by atoms with Crippen LogP contribution in [0.3, 0.4) is 0 Å². The van der Waals surface area contributed by atoms with Crippen LogP contribution in [-0.4, -0.2) is 69.1 Å². The summed E-state index contributed by atoms with van der Waals surface area (Å²) in [5.41, 5.74) is 4.35. The van der Waals surface area contributed by atoms with Gasteiger partial charge in [0, 0.05) is 42.9 Å². The van der Waals surface area contributed by atoms with E-state index in [1.165, 1.54) is 0 Å². The molecule has 1 aliphatic heterocycles. The number of aromatic nitrogens is 3. The summed E-state index contributed by atoms with van der Waals surface area (Å²) in [4.78, 5) is 29.9. The van der Waals surface area contributed by atoms with E-state index in [2.05, 4.69) is 21.6 Å². The van der Waals surface area contributed by atoms with E-state index < -0.39 is 0 Å². The third-order valence-corrected chi connectivity index (χ3v) is 6.80. The highest BCUT2D eigenvalue weighted by atomic mass is 16.2. The molecule has 36 heavy (non-hydrogen) atoms. The van der Waals surface area contributed by atoms with E-state index in [0.717, 1.165) is 27.8 Å². The molecule has 4 aromatic rings. The molecule has 1 fully saturated rings. The largest absolute Gasteiger partial charge is 0.335 e. The molecule has 2 amide bonds. The van der Waals surface area contributed by atoms with Crippen molar-refractivity contribution in [1.29, 1.82) is 5.26 Å². The van der Waals surface area contributed by atoms with Crippen LogP contribution in [0.4, 0.5) is 5.82 Å². The van der Waals surface area contributed by atoms with E-state index in [-0.39, 0.29) is 18.4 Å². The molecule has 0 saturated carbocycles. The quantitative estimate of drug-likeness (QED) is 0.455. The SMILES string of the molecule is Cc1c(C#N)c(NC(=O)CN2CCN(C(=O)c3n[nH]c4ccccc34)CC2)n(-c2ccccc2)c1C. The molecule has 2 aromatic carbocycles. The second kappa shape index (κ2) is 9.68. The number of hydrogen-bond acceptors (Lipinski definition) is 5. The second-order valence-corrected chi connectivity index (χ2v) is 8.95. The minimum Gasteiger partial charge on any atom is -0.335 e. The van der Waals surface area contributed by atoms with Gasteiger partial charge in [-0.1, -0.05) is 36.4 Å². The van der Waals surface area contributed by atoms with Gasteiger partial charge in [0.25, 0.3) is 5.91 Å². The molecule has 2 aromatic heterocycles. The van der Waals surface area contributed by atoms with Crippen LogP contribution >= 0.6 is 0 Å². The molecule has 5 rings (SSSR count). The first kappa shape index (κ1) is 23.3. The van der Waals surface area contributed by atoms with Gasteiger partial charge in [0.1, 0.15) is 11.9 Å². The number of aromatic amines is 1. The summed E-state index contributed by atoms with van der Waals surface area (Å²) < 4.78 is 1.91. The lowest BCUT2D eigenvalue weighted by atomic mass is 10.2. The predicted octanol–water partition coefficient (Wildman–Crippen LogP) is 3.24. The number of nitrogens with one attached hydrogen (secondary N) is 2. The Morgan fingerprint density at radius 2 is 1.72 bits per heavy atom. The van der Waals surface area contributed by atoms with Crippen molar-refractivity contribution in [1.82, 2.24) is 24.6 Å². The number of benzene rings is 2. The number of nitriles is 1. The molecular formula is C27H27N7O2. The predicted molar refractivity (Wildman–Crippen MR) is 137 cm³/mol. The molecule has 2 N–H and O–H groups in total. The number of fused-ring (bicyclic) bond motifs is 1. The number of amides is 2. The molecule has 0 unspecified atom stereocenters. The number of hydrogen-bond donors (Lipinski definition) is 2. The molecule has 0 spiro atoms. The maximum atomic E-state index is 13.0. The summed E-state index contributed by atoms with van der Waals surface area (Å²) >= 11 is 0. The van der Waals surface area contributed by atoms with Crippen LogP contribution in [-0.2, 0) is 4.79 Å². The van der Waals surface area contributed by atoms with Gasteiger partial charge in [0.2, 0.25) is 5.91 Å². The highest BCUT2D eigenvalue weighted by Gasteiger charge is 2.27. The fourth-order valence-electron chi connectivity index (χ4n) is 4.72. The molecule has 9 heteroatoms. The fraction of sp³-hybridized carbons (Fsp3) is 0.259. The Morgan fingerprint density at radius 3 is 2.44 bits per heavy atom. The monoisotopic (exact) mass is 481 g/mol. The number of anilines is 1. The lowest BCUT2D eigenvalue weighted by Gasteiger charge is -2.34. The van der Waals surface area contributed by atoms with Gasteiger partial charge in [-0.25, -0.2) is 0 Å². The molecule has 0 bridgehead atoms. The first-order valence-corrected chi connectivity index (χ1v) is 11.9. The molecule has 3 heterocycles. The Kier molecular flexibility index (Phi) is 6.27. The lowest BCUT2D eigenvalue weighted by molar-refractivity contribution is -0.117. The van der Waals surface area contributed by atoms with Crippen molar-refractivity contribution in [2.75, 3.05) is 38.0 Å². The van der Waals surface area contributed by atoms with Crippen molar-refractivity contribution in [3.05, 3.63) is 77.1 Å². The molecule has 0 radical (unpaired) electrons. The lowest BCUT2D eigenvalue weighted by Crippen LogP contribution is -2.50. The average molecular weight is 482 g/mol. The Hall–Kier alpha value is -4.42. The maximum Gasteiger partial charge on any atom is 0.275 e. The number of carbonyl (C=O) groups excluding carboxylic acids is 2. The van der Waals surface area contributed by atoms with E-state index >= 15 is 0 Å². The molecule has 182 valence electrons. The Morgan fingerprint density at radius 1 is 1.03 bits per heavy atom. The zero-order valence-electron chi connectivity index (χ0n) is 20.3. The summed E-state index contributed by atoms with van der Waals surface area (Å²) in [5.74, 6) is 0.184. The summed E-state index contributed by atoms with van der Waals surface area (Å²) in [5, 5.41) is 20.7. The molecule has 0 atom stereocenters. The number of H-pyrrole nitrogens is 1. The standard InChI is InChI=1S/C27H27N7O2/c1-18-19(2)34(20-8-4-3-5-9-20)26(22(18)16-28)29-24(35)17-32-12-14-33(15-13-32)27(36)25-21-10-6-7-11-23(21)30-31-25/h3-11H,12-15,17H2,1-2H3,(H,29,35)(H,30,31). The minimum absolute atomic E-state index is 0.109. The normalized spacial score (nSPS) is 14.1. The third kappa shape index (κ3) is 4.23. The molecule has 1 aliphatic rings. The fourth-order valence-corrected chi connectivity index (χ4v) is 4.72. The summed E-state index contributed by atoms with van der Waals surface area (Å²) in [6.07, 6.45) is 0. The van der Waals surface area contributed by atoms with Gasteiger partial charge < -0.3 is 10.2 Å². The number of rotatable bonds is 5. The first-order valence-electron chi connectivity index (χ1n) is 11.9. The molecule has 0 aliphatic carbocycles. The zero-order valence-corrected chi connectivity index (χ0v) is 20.3. The maximum absolute atomic E-state index is 13.0. The van der Waals surface area contributed by atoms with Crippen molar-refractivity contribution in [2.45, 2.75) is 13.8 Å². The second-order valence-electron chi connectivity index (χ2n) is 8.95. The first-order chi connectivity index (χ1) is 17.5. The van der Waals surface area contributed by atoms with Crippen molar-refractivity contribution in [3.63, 3.8) is 0 Å². The van der Waals surface area contributed by atoms with Gasteiger partial charge in [0.15, 0.2) is 5.69 Å². The van der Waals surface area contributed by atoms with Crippen molar-refractivity contribution in [2.24, 2.45) is 0 Å². The van der Waals surface area contributed by atoms with Gasteiger partial charge in [-0.3, -0.25) is 24.2 Å². The Bertz CT molecular complexity index is 1470. The van der Waals surface area contributed by atoms with Crippen molar-refractivity contribution in [3.8, 4) is 11.8 Å².